The molecular formula is C48H41BN2O2. The van der Waals surface area contributed by atoms with Crippen molar-refractivity contribution in [1.82, 2.24) is 0 Å². The van der Waals surface area contributed by atoms with Gasteiger partial charge in [0.15, 0.2) is 0 Å². The molecular weight excluding hydrogens is 647 g/mol. The maximum atomic E-state index is 10.7. The van der Waals surface area contributed by atoms with Crippen LogP contribution < -0.4 is 15.3 Å². The average molecular weight is 689 g/mol. The Balaban J connectivity index is 1.49. The molecule has 0 saturated carbocycles. The number of fused-ring (bicyclic) bond motifs is 2. The van der Waals surface area contributed by atoms with E-state index in [1.165, 1.54) is 22.3 Å². The summed E-state index contributed by atoms with van der Waals surface area (Å²) in [7, 11) is -1.63. The molecule has 0 aliphatic carbocycles. The minimum Gasteiger partial charge on any atom is -0.423 e. The molecule has 0 bridgehead atoms. The molecule has 0 radical (unpaired) electrons. The fourth-order valence-electron chi connectivity index (χ4n) is 7.42. The van der Waals surface area contributed by atoms with Crippen molar-refractivity contribution in [3.63, 3.8) is 0 Å². The molecule has 8 aromatic carbocycles. The van der Waals surface area contributed by atoms with E-state index >= 15 is 0 Å². The number of hydrogen-bond donors (Lipinski definition) is 2. The Morgan fingerprint density at radius 2 is 0.660 bits per heavy atom. The van der Waals surface area contributed by atoms with E-state index in [4.69, 9.17) is 0 Å². The van der Waals surface area contributed by atoms with Crippen molar-refractivity contribution in [1.29, 1.82) is 0 Å². The van der Waals surface area contributed by atoms with E-state index in [2.05, 4.69) is 165 Å². The molecule has 0 heterocycles. The average Bonchev–Trinajstić information content (AvgIpc) is 3.17. The van der Waals surface area contributed by atoms with Crippen molar-refractivity contribution in [2.24, 2.45) is 0 Å². The summed E-state index contributed by atoms with van der Waals surface area (Å²) < 4.78 is 0. The van der Waals surface area contributed by atoms with Gasteiger partial charge in [0, 0.05) is 34.1 Å². The number of hydrogen-bond acceptors (Lipinski definition) is 4. The third-order valence-corrected chi connectivity index (χ3v) is 10.1. The molecule has 5 heteroatoms. The molecule has 0 aromatic heterocycles. The third kappa shape index (κ3) is 6.57. The van der Waals surface area contributed by atoms with Gasteiger partial charge in [0.25, 0.3) is 0 Å². The molecule has 0 atom stereocenters. The zero-order valence-electron chi connectivity index (χ0n) is 30.5. The molecule has 258 valence electrons. The first-order valence-corrected chi connectivity index (χ1v) is 18.1. The Bertz CT molecular complexity index is 2300. The van der Waals surface area contributed by atoms with Crippen LogP contribution in [0.4, 0.5) is 34.1 Å². The predicted octanol–water partition coefficient (Wildman–Crippen LogP) is 11.5. The van der Waals surface area contributed by atoms with Gasteiger partial charge in [-0.1, -0.05) is 119 Å². The minimum absolute atomic E-state index is 0.512. The maximum Gasteiger partial charge on any atom is 0.489 e. The summed E-state index contributed by atoms with van der Waals surface area (Å²) in [6.07, 6.45) is 0. The second-order valence-corrected chi connectivity index (χ2v) is 14.0. The Kier molecular flexibility index (Phi) is 9.05. The highest BCUT2D eigenvalue weighted by Crippen LogP contribution is 2.45. The van der Waals surface area contributed by atoms with Gasteiger partial charge in [0.1, 0.15) is 0 Å². The van der Waals surface area contributed by atoms with Gasteiger partial charge in [-0.15, -0.1) is 0 Å². The fraction of sp³-hybridized carbons (Fsp3) is 0.0833. The highest BCUT2D eigenvalue weighted by Gasteiger charge is 2.25. The van der Waals surface area contributed by atoms with Gasteiger partial charge >= 0.3 is 7.12 Å². The first-order chi connectivity index (χ1) is 25.7. The summed E-state index contributed by atoms with van der Waals surface area (Å²) >= 11 is 0. The van der Waals surface area contributed by atoms with Gasteiger partial charge in [-0.3, -0.25) is 0 Å². The second-order valence-electron chi connectivity index (χ2n) is 14.0. The van der Waals surface area contributed by atoms with Gasteiger partial charge in [0.2, 0.25) is 0 Å². The quantitative estimate of drug-likeness (QED) is 0.123. The van der Waals surface area contributed by atoms with E-state index in [0.717, 1.165) is 66.8 Å². The summed E-state index contributed by atoms with van der Waals surface area (Å²) in [6, 6.07) is 57.7. The summed E-state index contributed by atoms with van der Waals surface area (Å²) in [5.41, 5.74) is 13.5. The van der Waals surface area contributed by atoms with Crippen molar-refractivity contribution in [3.05, 3.63) is 186 Å². The Hall–Kier alpha value is -6.14. The zero-order chi connectivity index (χ0) is 36.6. The van der Waals surface area contributed by atoms with Crippen LogP contribution in [0.1, 0.15) is 22.3 Å². The predicted molar refractivity (Wildman–Crippen MR) is 225 cm³/mol. The van der Waals surface area contributed by atoms with E-state index in [-0.39, 0.29) is 0 Å². The molecule has 0 spiro atoms. The van der Waals surface area contributed by atoms with Gasteiger partial charge in [-0.25, -0.2) is 0 Å². The normalized spacial score (nSPS) is 11.2. The molecule has 4 nitrogen and oxygen atoms in total. The lowest BCUT2D eigenvalue weighted by Crippen LogP contribution is -2.31. The Morgan fingerprint density at radius 3 is 0.962 bits per heavy atom. The maximum absolute atomic E-state index is 10.7. The topological polar surface area (TPSA) is 46.9 Å². The molecule has 0 unspecified atom stereocenters. The van der Waals surface area contributed by atoms with Crippen LogP contribution in [0, 0.1) is 27.7 Å². The lowest BCUT2D eigenvalue weighted by atomic mass is 9.72. The molecule has 53 heavy (non-hydrogen) atoms. The highest BCUT2D eigenvalue weighted by molar-refractivity contribution is 6.66. The highest BCUT2D eigenvalue weighted by atomic mass is 16.4. The SMILES string of the molecule is Cc1ccc(N(c2ccc(C)cc2)c2cc(-c3c4ccccc4c(B(O)O)c4ccccc34)cc(N(c3ccc(C)cc3)c3ccc(C)cc3)c2)cc1. The molecule has 2 N–H and O–H groups in total. The molecule has 8 rings (SSSR count). The van der Waals surface area contributed by atoms with Crippen molar-refractivity contribution in [2.75, 3.05) is 9.80 Å². The summed E-state index contributed by atoms with van der Waals surface area (Å²) in [5, 5.41) is 25.0. The van der Waals surface area contributed by atoms with Crippen LogP contribution in [0.5, 0.6) is 0 Å². The number of anilines is 6. The molecule has 0 aliphatic heterocycles. The lowest BCUT2D eigenvalue weighted by molar-refractivity contribution is 0.426. The Labute approximate surface area is 312 Å². The van der Waals surface area contributed by atoms with Crippen LogP contribution in [-0.4, -0.2) is 17.2 Å². The molecule has 0 saturated heterocycles. The van der Waals surface area contributed by atoms with Crippen LogP contribution in [0.25, 0.3) is 32.7 Å². The number of aryl methyl sites for hydroxylation is 4. The molecule has 0 amide bonds. The Morgan fingerprint density at radius 1 is 0.358 bits per heavy atom. The van der Waals surface area contributed by atoms with Crippen LogP contribution >= 0.6 is 0 Å². The summed E-state index contributed by atoms with van der Waals surface area (Å²) in [4.78, 5) is 4.65. The second kappa shape index (κ2) is 14.1. The number of rotatable bonds is 8. The summed E-state index contributed by atoms with van der Waals surface area (Å²) in [5.74, 6) is 0. The van der Waals surface area contributed by atoms with Gasteiger partial charge < -0.3 is 19.8 Å². The van der Waals surface area contributed by atoms with E-state index in [0.29, 0.717) is 5.46 Å². The molecule has 8 aromatic rings. The van der Waals surface area contributed by atoms with Crippen molar-refractivity contribution >= 4 is 68.3 Å². The number of benzene rings is 8. The lowest BCUT2D eigenvalue weighted by Gasteiger charge is -2.31. The van der Waals surface area contributed by atoms with Crippen molar-refractivity contribution < 1.29 is 10.0 Å². The third-order valence-electron chi connectivity index (χ3n) is 10.1. The molecule has 0 fully saturated rings. The van der Waals surface area contributed by atoms with Gasteiger partial charge in [-0.05, 0) is 133 Å². The van der Waals surface area contributed by atoms with E-state index in [1.807, 2.05) is 36.4 Å². The first kappa shape index (κ1) is 34.0. The van der Waals surface area contributed by atoms with Gasteiger partial charge in [-0.2, -0.15) is 0 Å². The van der Waals surface area contributed by atoms with Crippen LogP contribution in [-0.2, 0) is 0 Å². The molecule has 0 aliphatic rings. The number of nitrogens with zero attached hydrogens (tertiary/aromatic N) is 2. The van der Waals surface area contributed by atoms with Crippen molar-refractivity contribution in [3.8, 4) is 11.1 Å². The first-order valence-electron chi connectivity index (χ1n) is 18.1. The van der Waals surface area contributed by atoms with E-state index in [9.17, 15) is 10.0 Å². The van der Waals surface area contributed by atoms with Crippen LogP contribution in [0.15, 0.2) is 164 Å². The fourth-order valence-corrected chi connectivity index (χ4v) is 7.42. The smallest absolute Gasteiger partial charge is 0.423 e. The van der Waals surface area contributed by atoms with Gasteiger partial charge in [0.05, 0.1) is 0 Å². The monoisotopic (exact) mass is 688 g/mol. The minimum atomic E-state index is -1.63. The van der Waals surface area contributed by atoms with Crippen LogP contribution in [0.3, 0.4) is 0 Å². The standard InChI is InChI=1S/C48H41BN2O2/c1-32-13-21-37(22-14-32)50(38-23-15-33(2)16-24-38)41-29-36(47-43-9-5-7-11-45(43)48(49(52)53)46-12-8-6-10-44(46)47)30-42(31-41)51(39-25-17-34(3)18-26-39)40-27-19-35(4)20-28-40/h5-31,52-53H,1-4H3. The zero-order valence-corrected chi connectivity index (χ0v) is 30.5. The largest absolute Gasteiger partial charge is 0.489 e. The summed E-state index contributed by atoms with van der Waals surface area (Å²) in [6.45, 7) is 8.46. The van der Waals surface area contributed by atoms with Crippen LogP contribution in [0.2, 0.25) is 0 Å². The van der Waals surface area contributed by atoms with E-state index in [1.54, 1.807) is 0 Å². The van der Waals surface area contributed by atoms with Crippen molar-refractivity contribution in [2.45, 2.75) is 27.7 Å². The van der Waals surface area contributed by atoms with E-state index < -0.39 is 7.12 Å².